The normalized spacial score (nSPS) is 11.8. The van der Waals surface area contributed by atoms with Gasteiger partial charge in [-0.3, -0.25) is 0 Å². The quantitative estimate of drug-likeness (QED) is 0.559. The third-order valence-corrected chi connectivity index (χ3v) is 1.76. The first-order chi connectivity index (χ1) is 7.21. The van der Waals surface area contributed by atoms with E-state index >= 15 is 0 Å². The van der Waals surface area contributed by atoms with Crippen LogP contribution in [0.1, 0.15) is 27.7 Å². The summed E-state index contributed by atoms with van der Waals surface area (Å²) in [6, 6.07) is 0. The molecule has 0 unspecified atom stereocenters. The Labute approximate surface area is 121 Å². The fraction of sp³-hybridized carbons (Fsp3) is 1.00. The van der Waals surface area contributed by atoms with E-state index in [0.717, 1.165) is 45.0 Å². The third-order valence-electron chi connectivity index (χ3n) is 1.49. The maximum atomic E-state index is 8.22. The van der Waals surface area contributed by atoms with Crippen LogP contribution in [0.3, 0.4) is 0 Å². The topological polar surface area (TPSA) is 43.2 Å². The van der Waals surface area contributed by atoms with Crippen LogP contribution in [0, 0.1) is 0 Å². The van der Waals surface area contributed by atoms with Gasteiger partial charge in [-0.05, 0) is 13.1 Å². The van der Waals surface area contributed by atoms with Gasteiger partial charge in [-0.2, -0.15) is 11.3 Å². The van der Waals surface area contributed by atoms with Gasteiger partial charge in [0.1, 0.15) is 0 Å². The van der Waals surface area contributed by atoms with Crippen LogP contribution in [0.15, 0.2) is 0 Å². The van der Waals surface area contributed by atoms with Gasteiger partial charge in [-0.25, -0.2) is 0 Å². The molecule has 0 aromatic heterocycles. The van der Waals surface area contributed by atoms with Gasteiger partial charge in [-0.15, -0.1) is 11.3 Å². The molecule has 0 amide bonds. The molecule has 0 fully saturated rings. The van der Waals surface area contributed by atoms with Gasteiger partial charge in [-0.1, -0.05) is 27.7 Å². The van der Waals surface area contributed by atoms with Crippen LogP contribution in [-0.2, 0) is 47.6 Å². The Kier molecular flexibility index (Phi) is 12.2. The zero-order chi connectivity index (χ0) is 13.2. The number of hydrogen-bond donors (Lipinski definition) is 1. The molecule has 0 aliphatic carbocycles. The predicted molar refractivity (Wildman–Crippen MR) is 69.5 cm³/mol. The summed E-state index contributed by atoms with van der Waals surface area (Å²) in [6.07, 6.45) is 0. The van der Waals surface area contributed by atoms with Crippen molar-refractivity contribution in [1.29, 1.82) is 0 Å². The Morgan fingerprint density at radius 1 is 1.12 bits per heavy atom. The molecule has 16 heavy (non-hydrogen) atoms. The van der Waals surface area contributed by atoms with E-state index in [2.05, 4.69) is 10.6 Å². The number of nitrogens with one attached hydrogen (secondary N) is 1. The molecule has 1 N–H and O–H groups in total. The van der Waals surface area contributed by atoms with Crippen molar-refractivity contribution in [2.45, 2.75) is 37.2 Å². The van der Waals surface area contributed by atoms with Gasteiger partial charge < -0.3 is 35.9 Å². The molecule has 0 aromatic carbocycles. The molecule has 0 heterocycles. The van der Waals surface area contributed by atoms with Gasteiger partial charge in [0.25, 0.3) is 0 Å². The standard InChI is InChI=1S/C10H23N2S2.O.Tc/c1-9(2,13)7-11-5-6-12-8-10(3,4)14;;/h11,13-14H,5-8H2,1-4H3;;/q-1;;+3/p-2/i;;1+1. The van der Waals surface area contributed by atoms with Crippen LogP contribution in [0.2, 0.25) is 0 Å². The molecule has 0 radical (unpaired) electrons. The average molecular weight is 348 g/mol. The zero-order valence-electron chi connectivity index (χ0n) is 10.4. The molecule has 6 heteroatoms. The van der Waals surface area contributed by atoms with Crippen molar-refractivity contribution >= 4 is 25.3 Å². The van der Waals surface area contributed by atoms with Crippen molar-refractivity contribution in [2.75, 3.05) is 26.2 Å². The van der Waals surface area contributed by atoms with Crippen molar-refractivity contribution in [3.63, 3.8) is 0 Å². The van der Waals surface area contributed by atoms with Crippen molar-refractivity contribution in [3.05, 3.63) is 5.32 Å². The fourth-order valence-corrected chi connectivity index (χ4v) is 1.09. The van der Waals surface area contributed by atoms with Crippen LogP contribution in [-0.4, -0.2) is 35.7 Å². The van der Waals surface area contributed by atoms with E-state index in [-0.39, 0.29) is 9.49 Å². The minimum atomic E-state index is -0.0999. The molecule has 0 aliphatic rings. The minimum absolute atomic E-state index is 0.0582. The molecule has 0 aromatic rings. The summed E-state index contributed by atoms with van der Waals surface area (Å²) in [6.45, 7) is 11.4. The van der Waals surface area contributed by atoms with Gasteiger partial charge in [0.05, 0.1) is 0 Å². The van der Waals surface area contributed by atoms with E-state index in [0.29, 0.717) is 0 Å². The second-order valence-corrected chi connectivity index (χ2v) is 7.01. The van der Waals surface area contributed by atoms with Crippen LogP contribution >= 0.6 is 0 Å². The summed E-state index contributed by atoms with van der Waals surface area (Å²) in [4.78, 5) is 0. The van der Waals surface area contributed by atoms with Crippen LogP contribution in [0.4, 0.5) is 0 Å². The Balaban J connectivity index is 0. The molecule has 0 rings (SSSR count). The van der Waals surface area contributed by atoms with Crippen LogP contribution in [0.5, 0.6) is 0 Å². The summed E-state index contributed by atoms with van der Waals surface area (Å²) >= 11 is 11.3. The molecule has 0 spiro atoms. The van der Waals surface area contributed by atoms with E-state index in [1.54, 1.807) is 0 Å². The van der Waals surface area contributed by atoms with Crippen molar-refractivity contribution in [3.8, 4) is 0 Å². The molecule has 0 bridgehead atoms. The number of hydrogen-bond acceptors (Lipinski definition) is 4. The van der Waals surface area contributed by atoms with E-state index in [1.165, 1.54) is 0 Å². The fourth-order valence-electron chi connectivity index (χ4n) is 0.896. The number of nitrogens with zero attached hydrogens (tertiary/aromatic N) is 1. The molecule has 0 aliphatic heterocycles. The Morgan fingerprint density at radius 2 is 1.62 bits per heavy atom. The van der Waals surface area contributed by atoms with Crippen molar-refractivity contribution in [1.82, 2.24) is 5.32 Å². The van der Waals surface area contributed by atoms with E-state index in [9.17, 15) is 0 Å². The summed E-state index contributed by atoms with van der Waals surface area (Å²) in [7, 11) is 0. The van der Waals surface area contributed by atoms with Crippen molar-refractivity contribution in [2.24, 2.45) is 0 Å². The monoisotopic (exact) mass is 348 g/mol. The van der Waals surface area contributed by atoms with Crippen LogP contribution < -0.4 is 5.32 Å². The second kappa shape index (κ2) is 10.0. The Morgan fingerprint density at radius 3 is 2.00 bits per heavy atom. The summed E-state index contributed by atoms with van der Waals surface area (Å²) in [5, 5.41) is 7.64. The molecule has 0 saturated carbocycles. The summed E-state index contributed by atoms with van der Waals surface area (Å²) in [5.41, 5.74) is 0. The zero-order valence-corrected chi connectivity index (χ0v) is 13.9. The molecule has 3 nitrogen and oxygen atoms in total. The average Bonchev–Trinajstić information content (AvgIpc) is 2.11. The maximum absolute atomic E-state index is 8.22. The first kappa shape index (κ1) is 19.4. The van der Waals surface area contributed by atoms with Crippen LogP contribution in [0.25, 0.3) is 5.32 Å². The van der Waals surface area contributed by atoms with Gasteiger partial charge in [0.2, 0.25) is 0 Å². The first-order valence-corrected chi connectivity index (χ1v) is 6.68. The molecule has 0 saturated heterocycles. The number of rotatable bonds is 7. The van der Waals surface area contributed by atoms with Gasteiger partial charge in [0, 0.05) is 0 Å². The van der Waals surface area contributed by atoms with Crippen molar-refractivity contribution < 1.29 is 22.4 Å². The van der Waals surface area contributed by atoms with Gasteiger partial charge in [0.15, 0.2) is 0 Å². The van der Waals surface area contributed by atoms with Gasteiger partial charge >= 0.3 is 22.4 Å². The van der Waals surface area contributed by atoms with E-state index < -0.39 is 0 Å². The summed E-state index contributed by atoms with van der Waals surface area (Å²) in [5.74, 6) is 0. The molecule has 96 valence electrons. The van der Waals surface area contributed by atoms with E-state index in [1.807, 2.05) is 27.7 Å². The Bertz CT molecular complexity index is 151. The van der Waals surface area contributed by atoms with E-state index in [4.69, 9.17) is 28.8 Å². The first-order valence-electron chi connectivity index (χ1n) is 5.11. The molecular formula is C10H21N2OS2Tc. The Hall–Kier alpha value is 1.07. The molecular weight excluding hydrogens is 327 g/mol. The third kappa shape index (κ3) is 20.5. The summed E-state index contributed by atoms with van der Waals surface area (Å²) < 4.78 is 8.06. The molecule has 0 atom stereocenters. The predicted octanol–water partition coefficient (Wildman–Crippen LogP) is 1.48. The SMILES string of the molecule is CC(C)([S-])C[N-]CCNCC(C)(C)[S-].[O]=[99Tc+3]. The second-order valence-electron chi connectivity index (χ2n) is 4.80.